The molecule has 114 valence electrons. The minimum Gasteiger partial charge on any atom is -0.355 e. The maximum atomic E-state index is 11.8. The number of carbonyl (C=O) groups is 1. The first-order valence-corrected chi connectivity index (χ1v) is 6.88. The van der Waals surface area contributed by atoms with E-state index in [2.05, 4.69) is 42.8 Å². The molecule has 0 aliphatic heterocycles. The second-order valence-electron chi connectivity index (χ2n) is 3.82. The fourth-order valence-corrected chi connectivity index (χ4v) is 1.68. The second-order valence-corrected chi connectivity index (χ2v) is 4.74. The van der Waals surface area contributed by atoms with Crippen molar-refractivity contribution in [2.45, 2.75) is 0 Å². The molecule has 7 heteroatoms. The number of halogens is 2. The normalized spacial score (nSPS) is 10.0. The summed E-state index contributed by atoms with van der Waals surface area (Å²) >= 11 is 3.33. The van der Waals surface area contributed by atoms with Crippen LogP contribution in [0, 0.1) is 12.3 Å². The molecule has 0 atom stereocenters. The maximum Gasteiger partial charge on any atom is 0.251 e. The summed E-state index contributed by atoms with van der Waals surface area (Å²) in [5, 5.41) is 8.79. The number of nitrogens with one attached hydrogen (secondary N) is 3. The Hall–Kier alpha value is -1.27. The third-order valence-electron chi connectivity index (χ3n) is 2.39. The zero-order chi connectivity index (χ0) is 14.8. The molecule has 0 bridgehead atoms. The summed E-state index contributed by atoms with van der Waals surface area (Å²) in [4.78, 5) is 15.8. The molecule has 3 N–H and O–H groups in total. The van der Waals surface area contributed by atoms with Crippen LogP contribution in [-0.4, -0.2) is 38.5 Å². The molecule has 1 aromatic rings. The summed E-state index contributed by atoms with van der Waals surface area (Å²) in [6.45, 7) is 1.46. The summed E-state index contributed by atoms with van der Waals surface area (Å²) in [6.07, 6.45) is 5.15. The second kappa shape index (κ2) is 11.4. The number of hydrogen-bond donors (Lipinski definition) is 3. The average molecular weight is 465 g/mol. The van der Waals surface area contributed by atoms with Crippen molar-refractivity contribution in [1.29, 1.82) is 0 Å². The molecule has 0 saturated carbocycles. The minimum absolute atomic E-state index is 0. The molecule has 5 nitrogen and oxygen atoms in total. The molecule has 0 aliphatic carbocycles. The molecule has 0 radical (unpaired) electrons. The number of nitrogens with zero attached hydrogens (tertiary/aromatic N) is 1. The predicted molar refractivity (Wildman–Crippen MR) is 100 cm³/mol. The number of aliphatic imine (C=N–C) groups is 1. The molecular formula is C14H18BrIN4O. The van der Waals surface area contributed by atoms with Crippen LogP contribution in [0.5, 0.6) is 0 Å². The number of rotatable bonds is 5. The largest absolute Gasteiger partial charge is 0.355 e. The summed E-state index contributed by atoms with van der Waals surface area (Å²) in [7, 11) is 1.66. The topological polar surface area (TPSA) is 65.5 Å². The van der Waals surface area contributed by atoms with Crippen molar-refractivity contribution in [1.82, 2.24) is 16.0 Å². The van der Waals surface area contributed by atoms with Crippen LogP contribution in [0.15, 0.2) is 33.7 Å². The van der Waals surface area contributed by atoms with Crippen molar-refractivity contribution in [3.05, 3.63) is 34.3 Å². The van der Waals surface area contributed by atoms with E-state index in [1.54, 1.807) is 19.2 Å². The Bertz CT molecular complexity index is 511. The molecule has 1 amide bonds. The molecule has 0 aromatic heterocycles. The summed E-state index contributed by atoms with van der Waals surface area (Å²) < 4.78 is 0.944. The molecule has 0 aliphatic rings. The van der Waals surface area contributed by atoms with Crippen molar-refractivity contribution >= 4 is 51.8 Å². The zero-order valence-electron chi connectivity index (χ0n) is 11.6. The van der Waals surface area contributed by atoms with Crippen molar-refractivity contribution in [2.75, 3.05) is 26.7 Å². The Kier molecular flexibility index (Phi) is 10.7. The van der Waals surface area contributed by atoms with Gasteiger partial charge in [-0.15, -0.1) is 30.4 Å². The number of carbonyl (C=O) groups excluding carboxylic acids is 1. The third kappa shape index (κ3) is 7.92. The highest BCUT2D eigenvalue weighted by molar-refractivity contribution is 14.0. The summed E-state index contributed by atoms with van der Waals surface area (Å²) in [5.41, 5.74) is 0.628. The maximum absolute atomic E-state index is 11.8. The summed E-state index contributed by atoms with van der Waals surface area (Å²) in [6, 6.07) is 7.19. The van der Waals surface area contributed by atoms with Gasteiger partial charge < -0.3 is 16.0 Å². The third-order valence-corrected chi connectivity index (χ3v) is 2.92. The van der Waals surface area contributed by atoms with Gasteiger partial charge in [-0.05, 0) is 24.3 Å². The Morgan fingerprint density at radius 3 is 2.43 bits per heavy atom. The van der Waals surface area contributed by atoms with Crippen molar-refractivity contribution in [3.63, 3.8) is 0 Å². The lowest BCUT2D eigenvalue weighted by atomic mass is 10.2. The number of hydrogen-bond acceptors (Lipinski definition) is 2. The van der Waals surface area contributed by atoms with Crippen molar-refractivity contribution in [3.8, 4) is 12.3 Å². The first-order valence-electron chi connectivity index (χ1n) is 6.09. The van der Waals surface area contributed by atoms with E-state index in [0.717, 1.165) is 4.47 Å². The Morgan fingerprint density at radius 2 is 1.86 bits per heavy atom. The van der Waals surface area contributed by atoms with Gasteiger partial charge in [-0.3, -0.25) is 9.79 Å². The SMILES string of the molecule is C#CCNC(=NC)NCCNC(=O)c1ccc(Br)cc1.I. The first-order chi connectivity index (χ1) is 9.67. The molecule has 0 spiro atoms. The van der Waals surface area contributed by atoms with Gasteiger partial charge in [0.15, 0.2) is 5.96 Å². The Balaban J connectivity index is 0.00000400. The zero-order valence-corrected chi connectivity index (χ0v) is 15.6. The van der Waals surface area contributed by atoms with Gasteiger partial charge in [0.05, 0.1) is 6.54 Å². The quantitative estimate of drug-likeness (QED) is 0.204. The first kappa shape index (κ1) is 19.7. The van der Waals surface area contributed by atoms with Crippen LogP contribution < -0.4 is 16.0 Å². The standard InChI is InChI=1S/C14H17BrN4O.HI/c1-3-8-18-14(16-2)19-10-9-17-13(20)11-4-6-12(15)7-5-11;/h1,4-7H,8-10H2,2H3,(H,17,20)(H2,16,18,19);1H. The number of amides is 1. The molecule has 21 heavy (non-hydrogen) atoms. The van der Waals surface area contributed by atoms with E-state index in [1.807, 2.05) is 12.1 Å². The van der Waals surface area contributed by atoms with E-state index in [1.165, 1.54) is 0 Å². The van der Waals surface area contributed by atoms with Gasteiger partial charge >= 0.3 is 0 Å². The molecule has 0 unspecified atom stereocenters. The lowest BCUT2D eigenvalue weighted by molar-refractivity contribution is 0.0954. The van der Waals surface area contributed by atoms with Crippen LogP contribution in [-0.2, 0) is 0 Å². The van der Waals surface area contributed by atoms with Crippen LogP contribution >= 0.6 is 39.9 Å². The Labute approximate surface area is 150 Å². The molecule has 0 fully saturated rings. The van der Waals surface area contributed by atoms with Gasteiger partial charge in [0.1, 0.15) is 0 Å². The molecule has 1 rings (SSSR count). The minimum atomic E-state index is -0.106. The number of benzene rings is 1. The van der Waals surface area contributed by atoms with Crippen LogP contribution in [0.3, 0.4) is 0 Å². The van der Waals surface area contributed by atoms with E-state index >= 15 is 0 Å². The highest BCUT2D eigenvalue weighted by Gasteiger charge is 2.04. The van der Waals surface area contributed by atoms with E-state index in [-0.39, 0.29) is 29.9 Å². The van der Waals surface area contributed by atoms with Gasteiger partial charge in [-0.2, -0.15) is 0 Å². The van der Waals surface area contributed by atoms with Gasteiger partial charge in [0.2, 0.25) is 0 Å². The molecule has 1 aromatic carbocycles. The highest BCUT2D eigenvalue weighted by Crippen LogP contribution is 2.10. The highest BCUT2D eigenvalue weighted by atomic mass is 127. The van der Waals surface area contributed by atoms with Gasteiger partial charge in [-0.25, -0.2) is 0 Å². The van der Waals surface area contributed by atoms with Gasteiger partial charge in [0.25, 0.3) is 5.91 Å². The molecule has 0 heterocycles. The van der Waals surface area contributed by atoms with E-state index in [0.29, 0.717) is 31.2 Å². The van der Waals surface area contributed by atoms with Crippen molar-refractivity contribution < 1.29 is 4.79 Å². The van der Waals surface area contributed by atoms with Crippen LogP contribution in [0.25, 0.3) is 0 Å². The predicted octanol–water partition coefficient (Wildman–Crippen LogP) is 1.60. The fourth-order valence-electron chi connectivity index (χ4n) is 1.42. The van der Waals surface area contributed by atoms with E-state index in [9.17, 15) is 4.79 Å². The molecule has 0 saturated heterocycles. The monoisotopic (exact) mass is 464 g/mol. The van der Waals surface area contributed by atoms with Gasteiger partial charge in [-0.1, -0.05) is 21.9 Å². The smallest absolute Gasteiger partial charge is 0.251 e. The Morgan fingerprint density at radius 1 is 1.24 bits per heavy atom. The van der Waals surface area contributed by atoms with Crippen LogP contribution in [0.2, 0.25) is 0 Å². The van der Waals surface area contributed by atoms with Crippen molar-refractivity contribution in [2.24, 2.45) is 4.99 Å². The van der Waals surface area contributed by atoms with Gasteiger partial charge in [0, 0.05) is 30.2 Å². The van der Waals surface area contributed by atoms with Crippen LogP contribution in [0.1, 0.15) is 10.4 Å². The number of guanidine groups is 1. The summed E-state index contributed by atoms with van der Waals surface area (Å²) in [5.74, 6) is 2.97. The van der Waals surface area contributed by atoms with E-state index < -0.39 is 0 Å². The van der Waals surface area contributed by atoms with E-state index in [4.69, 9.17) is 6.42 Å². The van der Waals surface area contributed by atoms with Crippen LogP contribution in [0.4, 0.5) is 0 Å². The lowest BCUT2D eigenvalue weighted by Crippen LogP contribution is -2.41. The number of terminal acetylenes is 1. The lowest BCUT2D eigenvalue weighted by Gasteiger charge is -2.10. The fraction of sp³-hybridized carbons (Fsp3) is 0.286. The molecular weight excluding hydrogens is 447 g/mol. The average Bonchev–Trinajstić information content (AvgIpc) is 2.47.